The van der Waals surface area contributed by atoms with Crippen LogP contribution >= 0.6 is 0 Å². The number of hydroxylamine groups is 1. The lowest BCUT2D eigenvalue weighted by Gasteiger charge is -2.50. The molecular formula is C53H89N3O40. The Kier molecular flexibility index (Phi) is 27.9. The molecule has 0 aromatic rings. The lowest BCUT2D eigenvalue weighted by molar-refractivity contribution is -0.396. The first-order valence-electron chi connectivity index (χ1n) is 30.6. The summed E-state index contributed by atoms with van der Waals surface area (Å²) in [6.45, 7) is -3.09. The first-order valence-corrected chi connectivity index (χ1v) is 30.6. The van der Waals surface area contributed by atoms with Crippen molar-refractivity contribution in [3.63, 3.8) is 0 Å². The smallest absolute Gasteiger partial charge is 0.408 e. The van der Waals surface area contributed by atoms with Gasteiger partial charge in [-0.3, -0.25) is 4.79 Å². The summed E-state index contributed by atoms with van der Waals surface area (Å²) in [5.41, 5.74) is 1.23. The van der Waals surface area contributed by atoms with Crippen LogP contribution in [0.2, 0.25) is 0 Å². The fourth-order valence-electron chi connectivity index (χ4n) is 11.8. The normalized spacial score (nSPS) is 47.1. The summed E-state index contributed by atoms with van der Waals surface area (Å²) >= 11 is 0. The zero-order valence-corrected chi connectivity index (χ0v) is 51.5. The predicted molar refractivity (Wildman–Crippen MR) is 294 cm³/mol. The molecule has 24 N–H and O–H groups in total. The molecule has 43 heteroatoms. The number of amides is 1. The van der Waals surface area contributed by atoms with E-state index in [2.05, 4.69) is 16.1 Å². The number of carboxylic acids is 1. The highest BCUT2D eigenvalue weighted by molar-refractivity contribution is 5.85. The number of nitrogens with one attached hydrogen (secondary N) is 3. The molecule has 1 amide bonds. The van der Waals surface area contributed by atoms with E-state index in [4.69, 9.17) is 75.9 Å². The standard InChI is InChI=1S/C53H89N3O40/c1-53(2,3)95-52(80)56-14(6-22(63)64)44(79)96-55-5-4-54-7-15-37-23(65)30(72)45(81-15)89-38-16(8-57)83-47(32(74)25(38)67)91-40-18(10-59)85-49(34(76)27(40)69)93-42-20(12-61)87-51(36(78)29(42)71)94-43-21(13-62)86-50(35(77)28(43)70)92-41-19(11-60)84-48(33(75)26(41)68)90-39-17(9-58)82-46(88-37)31(73)24(39)66/h14-21,23-43,45-51,54-55,57-62,65-78H,4-13H2,1-3H3,(H,56,80)(H,63,64)/t14-,15+,16+,17+,18+,19+,20+,21+,23+,24+,25+,26+,27+,28+,29+,30+,31+,32+,33+,34+,35+,36+,37+,38+,39+,40+,41+,42+,43+,45+,46+,47+,48+,49+,50+,51+/m0/s1. The predicted octanol–water partition coefficient (Wildman–Crippen LogP) is -15.2. The third kappa shape index (κ3) is 17.8. The Balaban J connectivity index is 1.06. The molecule has 21 rings (SSSR count). The second-order valence-electron chi connectivity index (χ2n) is 24.8. The van der Waals surface area contributed by atoms with Crippen molar-refractivity contribution >= 4 is 18.0 Å². The third-order valence-corrected chi connectivity index (χ3v) is 16.9. The molecular weight excluding hydrogens is 1320 g/mol. The summed E-state index contributed by atoms with van der Waals surface area (Å²) in [6, 6.07) is -1.75. The number of rotatable bonds is 16. The molecule has 21 saturated heterocycles. The van der Waals surface area contributed by atoms with Crippen LogP contribution in [0.3, 0.4) is 0 Å². The monoisotopic (exact) mass is 1410 g/mol. The van der Waals surface area contributed by atoms with Crippen molar-refractivity contribution in [3.05, 3.63) is 0 Å². The second-order valence-corrected chi connectivity index (χ2v) is 24.8. The second kappa shape index (κ2) is 34.2. The topological polar surface area (TPSA) is 660 Å². The number of carbonyl (C=O) groups excluding carboxylic acids is 2. The molecule has 0 aromatic heterocycles. The summed E-state index contributed by atoms with van der Waals surface area (Å²) in [6.07, 6.45) is -74.3. The molecule has 0 unspecified atom stereocenters. The van der Waals surface area contributed by atoms with Gasteiger partial charge < -0.3 is 194 Å². The zero-order chi connectivity index (χ0) is 70.5. The van der Waals surface area contributed by atoms with Crippen LogP contribution in [-0.2, 0) is 85.5 Å². The summed E-state index contributed by atoms with van der Waals surface area (Å²) in [7, 11) is 0. The lowest BCUT2D eigenvalue weighted by Crippen LogP contribution is -2.68. The van der Waals surface area contributed by atoms with Crippen LogP contribution in [0.1, 0.15) is 27.2 Å². The summed E-state index contributed by atoms with van der Waals surface area (Å²) in [5, 5.41) is 239. The number of carboxylic acid groups (broad SMARTS) is 1. The number of hydrogen-bond acceptors (Lipinski definition) is 41. The number of aliphatic hydroxyl groups excluding tert-OH is 20. The van der Waals surface area contributed by atoms with Crippen molar-refractivity contribution in [2.75, 3.05) is 59.3 Å². The van der Waals surface area contributed by atoms with Crippen LogP contribution in [0.4, 0.5) is 4.79 Å². The lowest BCUT2D eigenvalue weighted by atomic mass is 9.95. The van der Waals surface area contributed by atoms with Crippen molar-refractivity contribution in [2.45, 2.75) is 254 Å². The average Bonchev–Trinajstić information content (AvgIpc) is 0.781. The van der Waals surface area contributed by atoms with Gasteiger partial charge in [-0.15, -0.1) is 0 Å². The maximum atomic E-state index is 12.9. The molecule has 43 nitrogen and oxygen atoms in total. The Bertz CT molecular complexity index is 2430. The van der Waals surface area contributed by atoms with E-state index in [-0.39, 0.29) is 13.1 Å². The molecule has 96 heavy (non-hydrogen) atoms. The molecule has 21 fully saturated rings. The minimum atomic E-state index is -2.29. The Morgan fingerprint density at radius 3 is 0.833 bits per heavy atom. The van der Waals surface area contributed by atoms with Gasteiger partial charge in [-0.1, -0.05) is 0 Å². The molecule has 14 bridgehead atoms. The van der Waals surface area contributed by atoms with Gasteiger partial charge in [0.2, 0.25) is 0 Å². The molecule has 36 atom stereocenters. The van der Waals surface area contributed by atoms with E-state index >= 15 is 0 Å². The molecule has 0 spiro atoms. The Hall–Kier alpha value is -3.23. The van der Waals surface area contributed by atoms with E-state index in [1.807, 2.05) is 0 Å². The molecule has 21 heterocycles. The van der Waals surface area contributed by atoms with Crippen LogP contribution < -0.4 is 16.1 Å². The highest BCUT2D eigenvalue weighted by Gasteiger charge is 2.60. The van der Waals surface area contributed by atoms with Crippen molar-refractivity contribution in [1.82, 2.24) is 16.1 Å². The van der Waals surface area contributed by atoms with E-state index in [0.29, 0.717) is 0 Å². The van der Waals surface area contributed by atoms with Gasteiger partial charge in [0.1, 0.15) is 183 Å². The number of aliphatic carboxylic acids is 1. The van der Waals surface area contributed by atoms with Gasteiger partial charge in [-0.25, -0.2) is 9.59 Å². The molecule has 21 aliphatic heterocycles. The molecule has 0 radical (unpaired) electrons. The number of hydrogen-bond donors (Lipinski definition) is 24. The number of carbonyl (C=O) groups is 3. The van der Waals surface area contributed by atoms with Gasteiger partial charge >= 0.3 is 18.0 Å². The molecule has 0 aromatic carbocycles. The molecule has 0 saturated carbocycles. The highest BCUT2D eigenvalue weighted by atomic mass is 16.8. The summed E-state index contributed by atoms with van der Waals surface area (Å²) in [4.78, 5) is 41.7. The highest BCUT2D eigenvalue weighted by Crippen LogP contribution is 2.39. The maximum absolute atomic E-state index is 12.9. The average molecular weight is 1410 g/mol. The van der Waals surface area contributed by atoms with E-state index in [9.17, 15) is 122 Å². The van der Waals surface area contributed by atoms with E-state index in [1.165, 1.54) is 20.8 Å². The summed E-state index contributed by atoms with van der Waals surface area (Å²) in [5.74, 6) is -2.77. The fourth-order valence-corrected chi connectivity index (χ4v) is 11.8. The van der Waals surface area contributed by atoms with E-state index in [1.54, 1.807) is 0 Å². The van der Waals surface area contributed by atoms with Gasteiger partial charge in [0, 0.05) is 19.6 Å². The number of aliphatic hydroxyl groups is 20. The third-order valence-electron chi connectivity index (χ3n) is 16.9. The Labute approximate surface area is 543 Å². The molecule has 21 aliphatic rings. The summed E-state index contributed by atoms with van der Waals surface area (Å²) < 4.78 is 86.1. The maximum Gasteiger partial charge on any atom is 0.408 e. The fraction of sp³-hybridized carbons (Fsp3) is 0.943. The number of alkyl carbamates (subject to hydrolysis) is 1. The van der Waals surface area contributed by atoms with Crippen molar-refractivity contribution < 1.29 is 198 Å². The molecule has 556 valence electrons. The largest absolute Gasteiger partial charge is 0.481 e. The van der Waals surface area contributed by atoms with Crippen LogP contribution in [0.5, 0.6) is 0 Å². The van der Waals surface area contributed by atoms with E-state index < -0.39 is 297 Å². The van der Waals surface area contributed by atoms with Crippen molar-refractivity contribution in [3.8, 4) is 0 Å². The minimum absolute atomic E-state index is 0.238. The van der Waals surface area contributed by atoms with Crippen LogP contribution in [0.25, 0.3) is 0 Å². The van der Waals surface area contributed by atoms with Crippen molar-refractivity contribution in [2.24, 2.45) is 0 Å². The Morgan fingerprint density at radius 1 is 0.365 bits per heavy atom. The first-order chi connectivity index (χ1) is 45.4. The minimum Gasteiger partial charge on any atom is -0.481 e. The van der Waals surface area contributed by atoms with E-state index in [0.717, 1.165) is 0 Å². The van der Waals surface area contributed by atoms with Gasteiger partial charge in [0.25, 0.3) is 0 Å². The van der Waals surface area contributed by atoms with Gasteiger partial charge in [-0.05, 0) is 20.8 Å². The van der Waals surface area contributed by atoms with Crippen LogP contribution in [-0.4, -0.2) is 411 Å². The zero-order valence-electron chi connectivity index (χ0n) is 51.5. The van der Waals surface area contributed by atoms with Crippen LogP contribution in [0.15, 0.2) is 0 Å². The van der Waals surface area contributed by atoms with Gasteiger partial charge in [0.15, 0.2) is 44.0 Å². The van der Waals surface area contributed by atoms with Crippen molar-refractivity contribution in [1.29, 1.82) is 0 Å². The van der Waals surface area contributed by atoms with Gasteiger partial charge in [0.05, 0.1) is 46.1 Å². The first kappa shape index (κ1) is 78.5. The number of ether oxygens (including phenoxy) is 15. The Morgan fingerprint density at radius 2 is 0.604 bits per heavy atom. The quantitative estimate of drug-likeness (QED) is 0.0504. The SMILES string of the molecule is CC(C)(C)OC(=O)N[C@@H](CC(=O)O)C(=O)ONCCNC[C@H]1O[C@@H]2O[C@H]3[C@H](O)[C@@H](O)[C@@H](O[C@H]4[C@H](O)[C@@H](O)[C@@H](O[C@H]5[C@H](O)[C@@H](O)[C@@H](O[C@H]6[C@H](O)[C@@H](O)[C@@H](O[C@H]7[C@H](O)[C@@H](O)[C@@H](O[C@H]8[C@H](O)[C@@H](O)[C@@H](O[C@H]1[C@H](O)[C@H]2O)O[C@@H]8CO)O[C@@H]7CO)O[C@@H]6CO)O[C@@H]5CO)O[C@@H]4CO)O[C@@H]3CO. The molecule has 0 aliphatic carbocycles. The van der Waals surface area contributed by atoms with Gasteiger partial charge in [-0.2, -0.15) is 5.48 Å². The van der Waals surface area contributed by atoms with Crippen LogP contribution in [0, 0.1) is 0 Å².